The van der Waals surface area contributed by atoms with Gasteiger partial charge in [0, 0.05) is 36.6 Å². The van der Waals surface area contributed by atoms with E-state index in [2.05, 4.69) is 31.1 Å². The maximum Gasteiger partial charge on any atom is 0.136 e. The maximum absolute atomic E-state index is 5.80. The Bertz CT molecular complexity index is 771. The predicted molar refractivity (Wildman–Crippen MR) is 101 cm³/mol. The third-order valence-electron chi connectivity index (χ3n) is 4.32. The third kappa shape index (κ3) is 4.07. The SMILES string of the molecule is COCc1cc(NC2CCOc3cc(OC)ccc32)nc(C(C)(C)C)n1. The Labute approximate surface area is 154 Å². The van der Waals surface area contributed by atoms with Gasteiger partial charge in [-0.05, 0) is 12.1 Å². The number of methoxy groups -OCH3 is 2. The van der Waals surface area contributed by atoms with Gasteiger partial charge in [-0.3, -0.25) is 0 Å². The fourth-order valence-electron chi connectivity index (χ4n) is 2.95. The summed E-state index contributed by atoms with van der Waals surface area (Å²) in [6.07, 6.45) is 0.869. The molecule has 140 valence electrons. The number of fused-ring (bicyclic) bond motifs is 1. The number of aromatic nitrogens is 2. The van der Waals surface area contributed by atoms with Crippen molar-refractivity contribution in [1.82, 2.24) is 9.97 Å². The zero-order valence-corrected chi connectivity index (χ0v) is 16.1. The van der Waals surface area contributed by atoms with Crippen LogP contribution in [-0.4, -0.2) is 30.8 Å². The summed E-state index contributed by atoms with van der Waals surface area (Å²) in [6, 6.07) is 8.02. The second-order valence-corrected chi connectivity index (χ2v) is 7.49. The lowest BCUT2D eigenvalue weighted by Crippen LogP contribution is -2.23. The fourth-order valence-corrected chi connectivity index (χ4v) is 2.95. The quantitative estimate of drug-likeness (QED) is 0.876. The molecular weight excluding hydrogens is 330 g/mol. The van der Waals surface area contributed by atoms with Crippen molar-refractivity contribution in [3.63, 3.8) is 0 Å². The highest BCUT2D eigenvalue weighted by Gasteiger charge is 2.24. The summed E-state index contributed by atoms with van der Waals surface area (Å²) in [7, 11) is 3.33. The van der Waals surface area contributed by atoms with E-state index in [1.54, 1.807) is 14.2 Å². The van der Waals surface area contributed by atoms with Gasteiger partial charge in [-0.25, -0.2) is 9.97 Å². The van der Waals surface area contributed by atoms with Crippen LogP contribution in [0.2, 0.25) is 0 Å². The summed E-state index contributed by atoms with van der Waals surface area (Å²) in [6.45, 7) is 7.44. The molecule has 2 aromatic rings. The van der Waals surface area contributed by atoms with Crippen molar-refractivity contribution in [2.24, 2.45) is 0 Å². The number of ether oxygens (including phenoxy) is 3. The molecule has 6 nitrogen and oxygen atoms in total. The van der Waals surface area contributed by atoms with Crippen LogP contribution in [0.1, 0.15) is 50.3 Å². The van der Waals surface area contributed by atoms with Gasteiger partial charge in [0.15, 0.2) is 0 Å². The lowest BCUT2D eigenvalue weighted by atomic mass is 9.95. The molecular formula is C20H27N3O3. The van der Waals surface area contributed by atoms with Crippen LogP contribution in [-0.2, 0) is 16.8 Å². The number of nitrogens with one attached hydrogen (secondary N) is 1. The average molecular weight is 357 g/mol. The first-order chi connectivity index (χ1) is 12.4. The van der Waals surface area contributed by atoms with E-state index < -0.39 is 0 Å². The predicted octanol–water partition coefficient (Wildman–Crippen LogP) is 3.86. The third-order valence-corrected chi connectivity index (χ3v) is 4.32. The molecule has 2 heterocycles. The van der Waals surface area contributed by atoms with E-state index in [0.717, 1.165) is 40.8 Å². The minimum absolute atomic E-state index is 0.128. The first kappa shape index (κ1) is 18.5. The Balaban J connectivity index is 1.91. The van der Waals surface area contributed by atoms with E-state index in [1.807, 2.05) is 24.3 Å². The number of hydrogen-bond acceptors (Lipinski definition) is 6. The molecule has 1 aromatic heterocycles. The Hall–Kier alpha value is -2.34. The van der Waals surface area contributed by atoms with Crippen molar-refractivity contribution in [2.75, 3.05) is 26.1 Å². The van der Waals surface area contributed by atoms with Crippen LogP contribution >= 0.6 is 0 Å². The van der Waals surface area contributed by atoms with Crippen molar-refractivity contribution in [1.29, 1.82) is 0 Å². The number of benzene rings is 1. The molecule has 1 unspecified atom stereocenters. The van der Waals surface area contributed by atoms with Crippen LogP contribution < -0.4 is 14.8 Å². The molecule has 0 amide bonds. The zero-order chi connectivity index (χ0) is 18.7. The molecule has 1 aliphatic rings. The summed E-state index contributed by atoms with van der Waals surface area (Å²) in [4.78, 5) is 9.38. The molecule has 1 aliphatic heterocycles. The molecule has 0 saturated carbocycles. The molecule has 0 radical (unpaired) electrons. The Morgan fingerprint density at radius 3 is 2.69 bits per heavy atom. The van der Waals surface area contributed by atoms with Crippen molar-refractivity contribution in [3.05, 3.63) is 41.3 Å². The van der Waals surface area contributed by atoms with Gasteiger partial charge in [0.25, 0.3) is 0 Å². The number of nitrogens with zero attached hydrogens (tertiary/aromatic N) is 2. The van der Waals surface area contributed by atoms with E-state index >= 15 is 0 Å². The topological polar surface area (TPSA) is 65.5 Å². The largest absolute Gasteiger partial charge is 0.497 e. The second-order valence-electron chi connectivity index (χ2n) is 7.49. The van der Waals surface area contributed by atoms with Gasteiger partial charge in [0.2, 0.25) is 0 Å². The molecule has 1 N–H and O–H groups in total. The Kier molecular flexibility index (Phi) is 5.32. The highest BCUT2D eigenvalue weighted by Crippen LogP contribution is 2.36. The lowest BCUT2D eigenvalue weighted by molar-refractivity contribution is 0.181. The van der Waals surface area contributed by atoms with E-state index in [4.69, 9.17) is 19.2 Å². The number of hydrogen-bond donors (Lipinski definition) is 1. The molecule has 0 saturated heterocycles. The summed E-state index contributed by atoms with van der Waals surface area (Å²) in [5.41, 5.74) is 1.85. The molecule has 0 aliphatic carbocycles. The van der Waals surface area contributed by atoms with Crippen molar-refractivity contribution in [2.45, 2.75) is 45.3 Å². The Morgan fingerprint density at radius 1 is 1.19 bits per heavy atom. The summed E-state index contributed by atoms with van der Waals surface area (Å²) < 4.78 is 16.4. The van der Waals surface area contributed by atoms with Crippen LogP contribution in [0.4, 0.5) is 5.82 Å². The molecule has 3 rings (SSSR count). The van der Waals surface area contributed by atoms with Gasteiger partial charge >= 0.3 is 0 Å². The number of anilines is 1. The van der Waals surface area contributed by atoms with Gasteiger partial charge in [-0.2, -0.15) is 0 Å². The maximum atomic E-state index is 5.80. The van der Waals surface area contributed by atoms with Crippen LogP contribution in [0.3, 0.4) is 0 Å². The van der Waals surface area contributed by atoms with Gasteiger partial charge in [0.1, 0.15) is 23.1 Å². The normalized spacial score (nSPS) is 16.6. The molecule has 0 spiro atoms. The van der Waals surface area contributed by atoms with E-state index in [0.29, 0.717) is 13.2 Å². The van der Waals surface area contributed by atoms with E-state index in [9.17, 15) is 0 Å². The van der Waals surface area contributed by atoms with Crippen LogP contribution in [0.5, 0.6) is 11.5 Å². The Morgan fingerprint density at radius 2 is 2.00 bits per heavy atom. The van der Waals surface area contributed by atoms with Gasteiger partial charge in [0.05, 0.1) is 32.1 Å². The molecule has 26 heavy (non-hydrogen) atoms. The van der Waals surface area contributed by atoms with E-state index in [-0.39, 0.29) is 11.5 Å². The highest BCUT2D eigenvalue weighted by molar-refractivity contribution is 5.48. The molecule has 1 atom stereocenters. The first-order valence-corrected chi connectivity index (χ1v) is 8.85. The second kappa shape index (κ2) is 7.50. The van der Waals surface area contributed by atoms with Crippen LogP contribution in [0.15, 0.2) is 24.3 Å². The van der Waals surface area contributed by atoms with Crippen molar-refractivity contribution in [3.8, 4) is 11.5 Å². The van der Waals surface area contributed by atoms with Crippen molar-refractivity contribution < 1.29 is 14.2 Å². The lowest BCUT2D eigenvalue weighted by Gasteiger charge is -2.28. The fraction of sp³-hybridized carbons (Fsp3) is 0.500. The number of rotatable bonds is 5. The summed E-state index contributed by atoms with van der Waals surface area (Å²) in [5.74, 6) is 3.27. The average Bonchev–Trinajstić information content (AvgIpc) is 2.61. The summed E-state index contributed by atoms with van der Waals surface area (Å²) in [5, 5.41) is 3.56. The highest BCUT2D eigenvalue weighted by atomic mass is 16.5. The monoisotopic (exact) mass is 357 g/mol. The molecule has 1 aromatic carbocycles. The molecule has 0 bridgehead atoms. The smallest absolute Gasteiger partial charge is 0.136 e. The minimum atomic E-state index is -0.138. The van der Waals surface area contributed by atoms with Gasteiger partial charge in [-0.15, -0.1) is 0 Å². The van der Waals surface area contributed by atoms with Gasteiger partial charge < -0.3 is 19.5 Å². The first-order valence-electron chi connectivity index (χ1n) is 8.85. The zero-order valence-electron chi connectivity index (χ0n) is 16.1. The van der Waals surface area contributed by atoms with E-state index in [1.165, 1.54) is 0 Å². The van der Waals surface area contributed by atoms with Crippen LogP contribution in [0, 0.1) is 0 Å². The summed E-state index contributed by atoms with van der Waals surface area (Å²) >= 11 is 0. The molecule has 0 fully saturated rings. The molecule has 6 heteroatoms. The minimum Gasteiger partial charge on any atom is -0.497 e. The van der Waals surface area contributed by atoms with Crippen molar-refractivity contribution >= 4 is 5.82 Å². The van der Waals surface area contributed by atoms with Crippen LogP contribution in [0.25, 0.3) is 0 Å². The van der Waals surface area contributed by atoms with Gasteiger partial charge in [-0.1, -0.05) is 20.8 Å². The standard InChI is InChI=1S/C20H27N3O3/c1-20(2,3)19-21-13(12-24-4)10-18(23-19)22-16-8-9-26-17-11-14(25-5)6-7-15(16)17/h6-7,10-11,16H,8-9,12H2,1-5H3,(H,21,22,23).